The Morgan fingerprint density at radius 2 is 2.05 bits per heavy atom. The zero-order valence-electron chi connectivity index (χ0n) is 12.9. The Labute approximate surface area is 132 Å². The van der Waals surface area contributed by atoms with Gasteiger partial charge in [0.05, 0.1) is 12.8 Å². The normalized spacial score (nSPS) is 16.5. The summed E-state index contributed by atoms with van der Waals surface area (Å²) in [7, 11) is 1.67. The van der Waals surface area contributed by atoms with E-state index in [1.165, 1.54) is 13.0 Å². The van der Waals surface area contributed by atoms with Crippen LogP contribution in [0.4, 0.5) is 5.69 Å². The number of likely N-dealkylation sites (tertiary alicyclic amines) is 1. The van der Waals surface area contributed by atoms with Crippen molar-refractivity contribution < 1.29 is 4.74 Å². The second-order valence-electron chi connectivity index (χ2n) is 5.41. The van der Waals surface area contributed by atoms with Crippen molar-refractivity contribution in [1.82, 2.24) is 10.2 Å². The number of para-hydroxylation sites is 2. The van der Waals surface area contributed by atoms with E-state index in [2.05, 4.69) is 22.5 Å². The van der Waals surface area contributed by atoms with Gasteiger partial charge in [-0.05, 0) is 50.2 Å². The van der Waals surface area contributed by atoms with E-state index in [1.54, 1.807) is 7.11 Å². The quantitative estimate of drug-likeness (QED) is 0.818. The number of nitrogens with one attached hydrogen (secondary N) is 2. The summed E-state index contributed by atoms with van der Waals surface area (Å²) in [5, 5.41) is 7.32. The molecular formula is C16H25N3OS. The molecule has 21 heavy (non-hydrogen) atoms. The van der Waals surface area contributed by atoms with Gasteiger partial charge in [0, 0.05) is 19.1 Å². The fraction of sp³-hybridized carbons (Fsp3) is 0.562. The SMILES string of the molecule is CCCN1CCC(NC(=S)Nc2ccccc2OC)CC1. The van der Waals surface area contributed by atoms with E-state index in [4.69, 9.17) is 17.0 Å². The van der Waals surface area contributed by atoms with E-state index in [9.17, 15) is 0 Å². The van der Waals surface area contributed by atoms with Gasteiger partial charge in [0.25, 0.3) is 0 Å². The van der Waals surface area contributed by atoms with Gasteiger partial charge < -0.3 is 20.3 Å². The van der Waals surface area contributed by atoms with E-state index in [0.29, 0.717) is 11.2 Å². The second-order valence-corrected chi connectivity index (χ2v) is 5.82. The summed E-state index contributed by atoms with van der Waals surface area (Å²) >= 11 is 5.41. The summed E-state index contributed by atoms with van der Waals surface area (Å²) in [6, 6.07) is 8.28. The van der Waals surface area contributed by atoms with Gasteiger partial charge >= 0.3 is 0 Å². The summed E-state index contributed by atoms with van der Waals surface area (Å²) in [6.45, 7) is 5.75. The Hall–Kier alpha value is -1.33. The third-order valence-corrected chi connectivity index (χ3v) is 4.04. The topological polar surface area (TPSA) is 36.5 Å². The molecule has 0 amide bonds. The standard InChI is InChI=1S/C16H25N3OS/c1-3-10-19-11-8-13(9-12-19)17-16(21)18-14-6-4-5-7-15(14)20-2/h4-7,13H,3,8-12H2,1-2H3,(H2,17,18,21). The number of hydrogen-bond donors (Lipinski definition) is 2. The fourth-order valence-corrected chi connectivity index (χ4v) is 2.99. The first-order valence-corrected chi connectivity index (χ1v) is 8.06. The lowest BCUT2D eigenvalue weighted by molar-refractivity contribution is 0.207. The van der Waals surface area contributed by atoms with Crippen molar-refractivity contribution in [2.75, 3.05) is 32.1 Å². The van der Waals surface area contributed by atoms with Crippen molar-refractivity contribution in [3.63, 3.8) is 0 Å². The van der Waals surface area contributed by atoms with Crippen molar-refractivity contribution in [2.45, 2.75) is 32.2 Å². The summed E-state index contributed by atoms with van der Waals surface area (Å²) in [4.78, 5) is 2.52. The molecule has 0 bridgehead atoms. The molecular weight excluding hydrogens is 282 g/mol. The van der Waals surface area contributed by atoms with Crippen molar-refractivity contribution >= 4 is 23.0 Å². The first kappa shape index (κ1) is 16.0. The molecule has 1 aliphatic rings. The Morgan fingerprint density at radius 3 is 2.71 bits per heavy atom. The smallest absolute Gasteiger partial charge is 0.171 e. The number of nitrogens with zero attached hydrogens (tertiary/aromatic N) is 1. The number of hydrogen-bond acceptors (Lipinski definition) is 3. The molecule has 0 saturated carbocycles. The lowest BCUT2D eigenvalue weighted by Gasteiger charge is -2.32. The number of rotatable bonds is 5. The van der Waals surface area contributed by atoms with E-state index in [-0.39, 0.29) is 0 Å². The van der Waals surface area contributed by atoms with Crippen molar-refractivity contribution in [3.8, 4) is 5.75 Å². The molecule has 1 aromatic carbocycles. The molecule has 2 N–H and O–H groups in total. The van der Waals surface area contributed by atoms with Crippen LogP contribution in [0.25, 0.3) is 0 Å². The molecule has 4 nitrogen and oxygen atoms in total. The third kappa shape index (κ3) is 4.86. The minimum absolute atomic E-state index is 0.466. The van der Waals surface area contributed by atoms with Crippen molar-refractivity contribution in [1.29, 1.82) is 0 Å². The highest BCUT2D eigenvalue weighted by atomic mass is 32.1. The monoisotopic (exact) mass is 307 g/mol. The van der Waals surface area contributed by atoms with Crippen LogP contribution < -0.4 is 15.4 Å². The van der Waals surface area contributed by atoms with Gasteiger partial charge in [-0.3, -0.25) is 0 Å². The zero-order valence-corrected chi connectivity index (χ0v) is 13.7. The van der Waals surface area contributed by atoms with Crippen LogP contribution in [-0.4, -0.2) is 42.8 Å². The highest BCUT2D eigenvalue weighted by Gasteiger charge is 2.19. The number of piperidine rings is 1. The first-order valence-electron chi connectivity index (χ1n) is 7.65. The maximum absolute atomic E-state index is 5.41. The van der Waals surface area contributed by atoms with Crippen LogP contribution >= 0.6 is 12.2 Å². The van der Waals surface area contributed by atoms with E-state index in [0.717, 1.165) is 37.4 Å². The summed E-state index contributed by atoms with van der Waals surface area (Å²) in [5.74, 6) is 0.805. The lowest BCUT2D eigenvalue weighted by atomic mass is 10.1. The van der Waals surface area contributed by atoms with Gasteiger partial charge in [0.15, 0.2) is 5.11 Å². The summed E-state index contributed by atoms with van der Waals surface area (Å²) < 4.78 is 5.32. The highest BCUT2D eigenvalue weighted by molar-refractivity contribution is 7.80. The lowest BCUT2D eigenvalue weighted by Crippen LogP contribution is -2.46. The van der Waals surface area contributed by atoms with E-state index in [1.807, 2.05) is 24.3 Å². The Morgan fingerprint density at radius 1 is 1.33 bits per heavy atom. The minimum atomic E-state index is 0.466. The van der Waals surface area contributed by atoms with Gasteiger partial charge in [0.1, 0.15) is 5.75 Å². The third-order valence-electron chi connectivity index (χ3n) is 3.82. The van der Waals surface area contributed by atoms with Crippen LogP contribution in [0.1, 0.15) is 26.2 Å². The molecule has 1 aromatic rings. The molecule has 0 aliphatic carbocycles. The molecule has 116 valence electrons. The van der Waals surface area contributed by atoms with Crippen molar-refractivity contribution in [2.24, 2.45) is 0 Å². The highest BCUT2D eigenvalue weighted by Crippen LogP contribution is 2.23. The Bertz CT molecular complexity index is 459. The Kier molecular flexibility index (Phi) is 6.26. The molecule has 1 saturated heterocycles. The summed E-state index contributed by atoms with van der Waals surface area (Å²) in [6.07, 6.45) is 3.52. The number of benzene rings is 1. The first-order chi connectivity index (χ1) is 10.2. The largest absolute Gasteiger partial charge is 0.495 e. The predicted molar refractivity (Wildman–Crippen MR) is 92.1 cm³/mol. The molecule has 1 heterocycles. The predicted octanol–water partition coefficient (Wildman–Crippen LogP) is 2.86. The molecule has 1 aliphatic heterocycles. The van der Waals surface area contributed by atoms with Crippen LogP contribution in [-0.2, 0) is 0 Å². The summed E-state index contributed by atoms with van der Waals surface area (Å²) in [5.41, 5.74) is 0.904. The van der Waals surface area contributed by atoms with Gasteiger partial charge in [-0.15, -0.1) is 0 Å². The van der Waals surface area contributed by atoms with Crippen molar-refractivity contribution in [3.05, 3.63) is 24.3 Å². The van der Waals surface area contributed by atoms with Crippen LogP contribution in [0.15, 0.2) is 24.3 Å². The maximum Gasteiger partial charge on any atom is 0.171 e. The van der Waals surface area contributed by atoms with Gasteiger partial charge in [0.2, 0.25) is 0 Å². The van der Waals surface area contributed by atoms with E-state index < -0.39 is 0 Å². The minimum Gasteiger partial charge on any atom is -0.495 e. The zero-order chi connectivity index (χ0) is 15.1. The molecule has 1 fully saturated rings. The molecule has 0 radical (unpaired) electrons. The van der Waals surface area contributed by atoms with E-state index >= 15 is 0 Å². The number of anilines is 1. The molecule has 2 rings (SSSR count). The molecule has 0 atom stereocenters. The average molecular weight is 307 g/mol. The van der Waals surface area contributed by atoms with Crippen LogP contribution in [0.2, 0.25) is 0 Å². The average Bonchev–Trinajstić information content (AvgIpc) is 2.50. The van der Waals surface area contributed by atoms with Crippen LogP contribution in [0, 0.1) is 0 Å². The van der Waals surface area contributed by atoms with Gasteiger partial charge in [-0.2, -0.15) is 0 Å². The maximum atomic E-state index is 5.41. The molecule has 0 unspecified atom stereocenters. The number of ether oxygens (including phenoxy) is 1. The second kappa shape index (κ2) is 8.20. The molecule has 0 spiro atoms. The Balaban J connectivity index is 1.80. The van der Waals surface area contributed by atoms with Gasteiger partial charge in [-0.1, -0.05) is 19.1 Å². The fourth-order valence-electron chi connectivity index (χ4n) is 2.71. The molecule has 0 aromatic heterocycles. The molecule has 5 heteroatoms. The van der Waals surface area contributed by atoms with Gasteiger partial charge in [-0.25, -0.2) is 0 Å². The van der Waals surface area contributed by atoms with Crippen LogP contribution in [0.5, 0.6) is 5.75 Å². The van der Waals surface area contributed by atoms with Crippen LogP contribution in [0.3, 0.4) is 0 Å². The number of thiocarbonyl (C=S) groups is 1. The number of methoxy groups -OCH3 is 1.